The number of ether oxygens (including phenoxy) is 1. The quantitative estimate of drug-likeness (QED) is 0.740. The molecule has 2 amide bonds. The highest BCUT2D eigenvalue weighted by Gasteiger charge is 2.34. The second kappa shape index (κ2) is 8.01. The zero-order valence-electron chi connectivity index (χ0n) is 15.0. The van der Waals surface area contributed by atoms with Crippen LogP contribution >= 0.6 is 0 Å². The summed E-state index contributed by atoms with van der Waals surface area (Å²) in [5.74, 6) is -0.903. The summed E-state index contributed by atoms with van der Waals surface area (Å²) in [6, 6.07) is 7.46. The van der Waals surface area contributed by atoms with Crippen molar-refractivity contribution in [1.82, 2.24) is 15.5 Å². The van der Waals surface area contributed by atoms with Gasteiger partial charge in [0, 0.05) is 36.9 Å². The van der Waals surface area contributed by atoms with Gasteiger partial charge in [0.1, 0.15) is 5.69 Å². The summed E-state index contributed by atoms with van der Waals surface area (Å²) in [6.45, 7) is 1.88. The number of amides is 2. The van der Waals surface area contributed by atoms with Crippen LogP contribution in [0.15, 0.2) is 30.3 Å². The Bertz CT molecular complexity index is 866. The second-order valence-electron chi connectivity index (χ2n) is 6.49. The number of carbonyl (C=O) groups excluding carboxylic acids is 2. The van der Waals surface area contributed by atoms with Crippen LogP contribution in [0.1, 0.15) is 47.6 Å². The zero-order chi connectivity index (χ0) is 20.3. The normalized spacial score (nSPS) is 19.9. The number of halogens is 3. The number of nitrogens with zero attached hydrogens (tertiary/aromatic N) is 1. The molecule has 2 heterocycles. The van der Waals surface area contributed by atoms with E-state index in [9.17, 15) is 22.8 Å². The first-order valence-electron chi connectivity index (χ1n) is 8.65. The molecule has 1 aliphatic heterocycles. The summed E-state index contributed by atoms with van der Waals surface area (Å²) in [5, 5.41) is 10.7. The van der Waals surface area contributed by atoms with Gasteiger partial charge < -0.3 is 15.4 Å². The molecule has 1 saturated heterocycles. The van der Waals surface area contributed by atoms with Crippen molar-refractivity contribution in [2.45, 2.75) is 38.1 Å². The van der Waals surface area contributed by atoms with Gasteiger partial charge in [-0.3, -0.25) is 14.7 Å². The predicted octanol–water partition coefficient (Wildman–Crippen LogP) is 3.04. The molecule has 150 valence electrons. The molecule has 2 atom stereocenters. The van der Waals surface area contributed by atoms with E-state index in [1.807, 2.05) is 5.10 Å². The van der Waals surface area contributed by atoms with Crippen LogP contribution in [0, 0.1) is 0 Å². The van der Waals surface area contributed by atoms with E-state index in [-0.39, 0.29) is 23.7 Å². The Labute approximate surface area is 158 Å². The van der Waals surface area contributed by atoms with E-state index < -0.39 is 17.8 Å². The van der Waals surface area contributed by atoms with Crippen molar-refractivity contribution in [3.05, 3.63) is 47.3 Å². The number of para-hydroxylation sites is 1. The molecule has 1 aliphatic rings. The van der Waals surface area contributed by atoms with E-state index in [1.54, 1.807) is 24.3 Å². The molecule has 3 rings (SSSR count). The Morgan fingerprint density at radius 3 is 2.71 bits per heavy atom. The van der Waals surface area contributed by atoms with Gasteiger partial charge in [-0.05, 0) is 18.9 Å². The number of hydrogen-bond acceptors (Lipinski definition) is 4. The molecule has 0 aliphatic carbocycles. The van der Waals surface area contributed by atoms with Crippen molar-refractivity contribution in [3.8, 4) is 0 Å². The molecule has 0 radical (unpaired) electrons. The summed E-state index contributed by atoms with van der Waals surface area (Å²) in [7, 11) is 0. The number of carbonyl (C=O) groups is 2. The first-order valence-corrected chi connectivity index (χ1v) is 8.65. The Balaban J connectivity index is 1.76. The van der Waals surface area contributed by atoms with E-state index in [4.69, 9.17) is 4.74 Å². The van der Waals surface area contributed by atoms with Gasteiger partial charge in [-0.25, -0.2) is 0 Å². The van der Waals surface area contributed by atoms with Gasteiger partial charge in [0.2, 0.25) is 5.91 Å². The number of hydrogen-bond donors (Lipinski definition) is 3. The molecule has 1 aromatic heterocycles. The molecule has 10 heteroatoms. The van der Waals surface area contributed by atoms with Crippen molar-refractivity contribution in [1.29, 1.82) is 0 Å². The monoisotopic (exact) mass is 396 g/mol. The molecular formula is C18H19F3N4O3. The largest absolute Gasteiger partial charge is 0.432 e. The second-order valence-corrected chi connectivity index (χ2v) is 6.49. The summed E-state index contributed by atoms with van der Waals surface area (Å²) >= 11 is 0. The SMILES string of the molecule is CC(=O)N[C@@H]1CCO[C@H](c2ccccc2NC(=O)c2cc(C(F)(F)F)[nH]n2)C1. The van der Waals surface area contributed by atoms with Crippen LogP contribution in [-0.2, 0) is 15.7 Å². The van der Waals surface area contributed by atoms with Crippen molar-refractivity contribution in [3.63, 3.8) is 0 Å². The maximum absolute atomic E-state index is 12.7. The third-order valence-electron chi connectivity index (χ3n) is 4.36. The number of anilines is 1. The number of rotatable bonds is 4. The first-order chi connectivity index (χ1) is 13.2. The third-order valence-corrected chi connectivity index (χ3v) is 4.36. The van der Waals surface area contributed by atoms with Crippen LogP contribution in [0.5, 0.6) is 0 Å². The summed E-state index contributed by atoms with van der Waals surface area (Å²) in [6.07, 6.45) is -3.78. The maximum atomic E-state index is 12.7. The number of aromatic nitrogens is 2. The number of H-pyrrole nitrogens is 1. The van der Waals surface area contributed by atoms with Crippen molar-refractivity contribution in [2.75, 3.05) is 11.9 Å². The molecule has 2 aromatic rings. The molecule has 1 aromatic carbocycles. The van der Waals surface area contributed by atoms with E-state index in [0.29, 0.717) is 36.8 Å². The summed E-state index contributed by atoms with van der Waals surface area (Å²) in [4.78, 5) is 23.6. The average Bonchev–Trinajstić information content (AvgIpc) is 3.12. The van der Waals surface area contributed by atoms with Crippen LogP contribution in [0.2, 0.25) is 0 Å². The lowest BCUT2D eigenvalue weighted by Crippen LogP contribution is -2.38. The van der Waals surface area contributed by atoms with Gasteiger partial charge in [0.15, 0.2) is 5.69 Å². The summed E-state index contributed by atoms with van der Waals surface area (Å²) in [5.41, 5.74) is -0.377. The van der Waals surface area contributed by atoms with Crippen LogP contribution in [0.4, 0.5) is 18.9 Å². The third kappa shape index (κ3) is 4.69. The fraction of sp³-hybridized carbons (Fsp3) is 0.389. The first kappa shape index (κ1) is 19.9. The average molecular weight is 396 g/mol. The van der Waals surface area contributed by atoms with Gasteiger partial charge in [-0.2, -0.15) is 18.3 Å². The van der Waals surface area contributed by atoms with Crippen molar-refractivity contribution in [2.24, 2.45) is 0 Å². The number of aromatic amines is 1. The number of benzene rings is 1. The molecule has 0 bridgehead atoms. The number of alkyl halides is 3. The number of nitrogens with one attached hydrogen (secondary N) is 3. The fourth-order valence-corrected chi connectivity index (χ4v) is 3.09. The van der Waals surface area contributed by atoms with Crippen molar-refractivity contribution >= 4 is 17.5 Å². The fourth-order valence-electron chi connectivity index (χ4n) is 3.09. The highest BCUT2D eigenvalue weighted by Crippen LogP contribution is 2.33. The molecule has 1 fully saturated rings. The Kier molecular flexibility index (Phi) is 5.68. The smallest absolute Gasteiger partial charge is 0.373 e. The van der Waals surface area contributed by atoms with Gasteiger partial charge in [-0.1, -0.05) is 18.2 Å². The molecule has 3 N–H and O–H groups in total. The van der Waals surface area contributed by atoms with E-state index in [0.717, 1.165) is 0 Å². The predicted molar refractivity (Wildman–Crippen MR) is 93.5 cm³/mol. The molecule has 7 nitrogen and oxygen atoms in total. The maximum Gasteiger partial charge on any atom is 0.432 e. The molecule has 0 unspecified atom stereocenters. The lowest BCUT2D eigenvalue weighted by Gasteiger charge is -2.31. The molecule has 0 saturated carbocycles. The van der Waals surface area contributed by atoms with Crippen LogP contribution < -0.4 is 10.6 Å². The standard InChI is InChI=1S/C18H19F3N4O3/c1-10(26)22-11-6-7-28-15(8-11)12-4-2-3-5-13(12)23-17(27)14-9-16(25-24-14)18(19,20)21/h2-5,9,11,15H,6-8H2,1H3,(H,22,26)(H,23,27)(H,24,25)/t11-,15+/m1/s1. The van der Waals surface area contributed by atoms with Gasteiger partial charge in [-0.15, -0.1) is 0 Å². The molecule has 0 spiro atoms. The Morgan fingerprint density at radius 2 is 2.04 bits per heavy atom. The zero-order valence-corrected chi connectivity index (χ0v) is 15.0. The lowest BCUT2D eigenvalue weighted by molar-refractivity contribution is -0.141. The molecule has 28 heavy (non-hydrogen) atoms. The highest BCUT2D eigenvalue weighted by molar-refractivity contribution is 6.03. The van der Waals surface area contributed by atoms with Crippen LogP contribution in [0.3, 0.4) is 0 Å². The van der Waals surface area contributed by atoms with E-state index >= 15 is 0 Å². The van der Waals surface area contributed by atoms with Crippen molar-refractivity contribution < 1.29 is 27.5 Å². The van der Waals surface area contributed by atoms with E-state index in [2.05, 4.69) is 15.7 Å². The van der Waals surface area contributed by atoms with Crippen LogP contribution in [-0.4, -0.2) is 34.7 Å². The Morgan fingerprint density at radius 1 is 1.29 bits per heavy atom. The lowest BCUT2D eigenvalue weighted by atomic mass is 9.96. The van der Waals surface area contributed by atoms with Gasteiger partial charge in [0.25, 0.3) is 5.91 Å². The topological polar surface area (TPSA) is 96.1 Å². The minimum absolute atomic E-state index is 0.0549. The van der Waals surface area contributed by atoms with Gasteiger partial charge >= 0.3 is 6.18 Å². The molecular weight excluding hydrogens is 377 g/mol. The van der Waals surface area contributed by atoms with Crippen LogP contribution in [0.25, 0.3) is 0 Å². The minimum Gasteiger partial charge on any atom is -0.373 e. The Hall–Kier alpha value is -2.88. The summed E-state index contributed by atoms with van der Waals surface area (Å²) < 4.78 is 43.8. The minimum atomic E-state index is -4.61. The van der Waals surface area contributed by atoms with Gasteiger partial charge in [0.05, 0.1) is 6.10 Å². The van der Waals surface area contributed by atoms with E-state index in [1.165, 1.54) is 6.92 Å². The highest BCUT2D eigenvalue weighted by atomic mass is 19.4.